The molecule has 0 amide bonds. The zero-order valence-electron chi connectivity index (χ0n) is 32.1. The summed E-state index contributed by atoms with van der Waals surface area (Å²) in [6.45, 7) is 4.73. The van der Waals surface area contributed by atoms with E-state index in [1.165, 1.54) is 65.5 Å². The molecule has 2 heterocycles. The third-order valence-corrected chi connectivity index (χ3v) is 12.4. The van der Waals surface area contributed by atoms with Gasteiger partial charge in [-0.25, -0.2) is 15.0 Å². The molecule has 272 valence electrons. The summed E-state index contributed by atoms with van der Waals surface area (Å²) in [6, 6.07) is 65.3. The van der Waals surface area contributed by atoms with Crippen LogP contribution in [0.15, 0.2) is 182 Å². The fourth-order valence-corrected chi connectivity index (χ4v) is 9.75. The molecule has 1 aliphatic rings. The number of benzene rings is 9. The van der Waals surface area contributed by atoms with E-state index in [0.29, 0.717) is 17.5 Å². The van der Waals surface area contributed by atoms with Crippen LogP contribution in [0.5, 0.6) is 0 Å². The van der Waals surface area contributed by atoms with E-state index in [1.807, 2.05) is 36.4 Å². The summed E-state index contributed by atoms with van der Waals surface area (Å²) in [5, 5.41) is 9.67. The van der Waals surface area contributed by atoms with Crippen LogP contribution in [0, 0.1) is 0 Å². The standard InChI is InChI=1S/C54H36N4/c1-54(2)44-27-15-13-26-42(44)49-45(54)30-29-41-39-24-14-16-28-46(39)58(50(41)49)47-32-35(31-43-38-23-10-9-21-36(38)37-22-11-12-25-40(37)48(43)47)53-56-51(33-17-5-3-6-18-33)55-52(57-53)34-19-7-4-8-20-34/h3-32H,1-2H3. The quantitative estimate of drug-likeness (QED) is 0.169. The van der Waals surface area contributed by atoms with Crippen LogP contribution in [0.4, 0.5) is 0 Å². The number of hydrogen-bond donors (Lipinski definition) is 0. The van der Waals surface area contributed by atoms with Gasteiger partial charge in [0.1, 0.15) is 0 Å². The van der Waals surface area contributed by atoms with Gasteiger partial charge in [0, 0.05) is 43.8 Å². The molecule has 0 atom stereocenters. The molecule has 0 radical (unpaired) electrons. The molecule has 0 unspecified atom stereocenters. The first-order valence-corrected chi connectivity index (χ1v) is 20.0. The summed E-state index contributed by atoms with van der Waals surface area (Å²) in [6.07, 6.45) is 0. The van der Waals surface area contributed by atoms with Crippen molar-refractivity contribution in [3.05, 3.63) is 193 Å². The van der Waals surface area contributed by atoms with Crippen molar-refractivity contribution in [2.24, 2.45) is 0 Å². The lowest BCUT2D eigenvalue weighted by Gasteiger charge is -2.22. The number of aromatic nitrogens is 4. The smallest absolute Gasteiger partial charge is 0.164 e. The van der Waals surface area contributed by atoms with Gasteiger partial charge in [0.05, 0.1) is 16.7 Å². The lowest BCUT2D eigenvalue weighted by molar-refractivity contribution is 0.661. The zero-order valence-corrected chi connectivity index (χ0v) is 32.1. The van der Waals surface area contributed by atoms with E-state index < -0.39 is 0 Å². The molecular formula is C54H36N4. The Hall–Kier alpha value is -7.43. The van der Waals surface area contributed by atoms with E-state index in [1.54, 1.807) is 0 Å². The second-order valence-corrected chi connectivity index (χ2v) is 16.0. The highest BCUT2D eigenvalue weighted by molar-refractivity contribution is 6.29. The third kappa shape index (κ3) is 4.66. The Balaban J connectivity index is 1.28. The summed E-state index contributed by atoms with van der Waals surface area (Å²) in [4.78, 5) is 15.6. The Morgan fingerprint density at radius 2 is 0.914 bits per heavy atom. The highest BCUT2D eigenvalue weighted by Crippen LogP contribution is 2.53. The minimum absolute atomic E-state index is 0.152. The van der Waals surface area contributed by atoms with Crippen molar-refractivity contribution in [2.75, 3.05) is 0 Å². The summed E-state index contributed by atoms with van der Waals surface area (Å²) in [7, 11) is 0. The largest absolute Gasteiger partial charge is 0.308 e. The lowest BCUT2D eigenvalue weighted by Crippen LogP contribution is -2.14. The zero-order chi connectivity index (χ0) is 38.5. The van der Waals surface area contributed by atoms with E-state index >= 15 is 0 Å². The van der Waals surface area contributed by atoms with Crippen molar-refractivity contribution < 1.29 is 0 Å². The number of fused-ring (bicyclic) bond motifs is 13. The summed E-state index contributed by atoms with van der Waals surface area (Å²) < 4.78 is 2.55. The normalized spacial score (nSPS) is 13.1. The van der Waals surface area contributed by atoms with Crippen LogP contribution in [0.2, 0.25) is 0 Å². The van der Waals surface area contributed by atoms with E-state index in [9.17, 15) is 0 Å². The average molecular weight is 741 g/mol. The fourth-order valence-electron chi connectivity index (χ4n) is 9.75. The Morgan fingerprint density at radius 1 is 0.397 bits per heavy atom. The highest BCUT2D eigenvalue weighted by atomic mass is 15.0. The average Bonchev–Trinajstić information content (AvgIpc) is 3.75. The molecule has 0 saturated heterocycles. The molecule has 0 spiro atoms. The Labute approximate surface area is 335 Å². The molecule has 2 aromatic heterocycles. The first-order chi connectivity index (χ1) is 28.5. The van der Waals surface area contributed by atoms with E-state index in [4.69, 9.17) is 15.0 Å². The van der Waals surface area contributed by atoms with Gasteiger partial charge in [-0.1, -0.05) is 178 Å². The summed E-state index contributed by atoms with van der Waals surface area (Å²) in [5.41, 5.74) is 11.4. The maximum Gasteiger partial charge on any atom is 0.164 e. The predicted octanol–water partition coefficient (Wildman–Crippen LogP) is 13.7. The fraction of sp³-hybridized carbons (Fsp3) is 0.0556. The van der Waals surface area contributed by atoms with Crippen molar-refractivity contribution in [3.8, 4) is 51.0 Å². The van der Waals surface area contributed by atoms with Gasteiger partial charge in [0.2, 0.25) is 0 Å². The van der Waals surface area contributed by atoms with E-state index in [-0.39, 0.29) is 5.41 Å². The van der Waals surface area contributed by atoms with Crippen LogP contribution in [0.3, 0.4) is 0 Å². The first-order valence-electron chi connectivity index (χ1n) is 20.0. The Bertz CT molecular complexity index is 3410. The van der Waals surface area contributed by atoms with Gasteiger partial charge in [0.25, 0.3) is 0 Å². The van der Waals surface area contributed by atoms with Crippen LogP contribution >= 0.6 is 0 Å². The van der Waals surface area contributed by atoms with Gasteiger partial charge in [-0.2, -0.15) is 0 Å². The molecule has 0 saturated carbocycles. The SMILES string of the molecule is CC1(C)c2ccccc2-c2c1ccc1c3ccccc3n(-c3cc(-c4nc(-c5ccccc5)nc(-c5ccccc5)n4)cc4c5ccccc5c5ccccc5c34)c21. The van der Waals surface area contributed by atoms with Crippen LogP contribution in [0.25, 0.3) is 105 Å². The van der Waals surface area contributed by atoms with Gasteiger partial charge in [0.15, 0.2) is 17.5 Å². The van der Waals surface area contributed by atoms with E-state index in [2.05, 4.69) is 164 Å². The van der Waals surface area contributed by atoms with Gasteiger partial charge in [-0.3, -0.25) is 0 Å². The van der Waals surface area contributed by atoms with Gasteiger partial charge < -0.3 is 4.57 Å². The van der Waals surface area contributed by atoms with Crippen LogP contribution in [-0.2, 0) is 5.41 Å². The first kappa shape index (κ1) is 32.8. The number of rotatable bonds is 4. The van der Waals surface area contributed by atoms with Gasteiger partial charge in [-0.05, 0) is 61.8 Å². The number of nitrogens with zero attached hydrogens (tertiary/aromatic N) is 4. The van der Waals surface area contributed by atoms with Crippen LogP contribution in [0.1, 0.15) is 25.0 Å². The number of para-hydroxylation sites is 1. The van der Waals surface area contributed by atoms with Crippen LogP contribution < -0.4 is 0 Å². The van der Waals surface area contributed by atoms with Gasteiger partial charge >= 0.3 is 0 Å². The van der Waals surface area contributed by atoms with Crippen molar-refractivity contribution >= 4 is 54.1 Å². The lowest BCUT2D eigenvalue weighted by atomic mass is 9.82. The molecule has 1 aliphatic carbocycles. The van der Waals surface area contributed by atoms with Crippen molar-refractivity contribution in [3.63, 3.8) is 0 Å². The Morgan fingerprint density at radius 3 is 1.59 bits per heavy atom. The van der Waals surface area contributed by atoms with Crippen molar-refractivity contribution in [1.29, 1.82) is 0 Å². The highest BCUT2D eigenvalue weighted by Gasteiger charge is 2.37. The molecule has 4 nitrogen and oxygen atoms in total. The molecule has 58 heavy (non-hydrogen) atoms. The van der Waals surface area contributed by atoms with Crippen LogP contribution in [-0.4, -0.2) is 19.5 Å². The maximum atomic E-state index is 5.27. The molecule has 4 heteroatoms. The Kier molecular flexibility index (Phi) is 6.94. The molecule has 9 aromatic carbocycles. The predicted molar refractivity (Wildman–Crippen MR) is 241 cm³/mol. The molecule has 0 N–H and O–H groups in total. The molecule has 0 aliphatic heterocycles. The second-order valence-electron chi connectivity index (χ2n) is 16.0. The second kappa shape index (κ2) is 12.3. The molecule has 0 bridgehead atoms. The maximum absolute atomic E-state index is 5.27. The third-order valence-electron chi connectivity index (χ3n) is 12.4. The molecular weight excluding hydrogens is 705 g/mol. The topological polar surface area (TPSA) is 43.6 Å². The van der Waals surface area contributed by atoms with Crippen molar-refractivity contribution in [2.45, 2.75) is 19.3 Å². The molecule has 11 aromatic rings. The number of hydrogen-bond acceptors (Lipinski definition) is 3. The summed E-state index contributed by atoms with van der Waals surface area (Å²) in [5.74, 6) is 1.91. The minimum atomic E-state index is -0.152. The monoisotopic (exact) mass is 740 g/mol. The van der Waals surface area contributed by atoms with Crippen molar-refractivity contribution in [1.82, 2.24) is 19.5 Å². The minimum Gasteiger partial charge on any atom is -0.308 e. The molecule has 12 rings (SSSR count). The van der Waals surface area contributed by atoms with Gasteiger partial charge in [-0.15, -0.1) is 0 Å². The molecule has 0 fully saturated rings. The summed E-state index contributed by atoms with van der Waals surface area (Å²) >= 11 is 0. The van der Waals surface area contributed by atoms with E-state index in [0.717, 1.165) is 33.3 Å².